The molecule has 1 aromatic heterocycles. The first-order chi connectivity index (χ1) is 10.7. The van der Waals surface area contributed by atoms with E-state index in [-0.39, 0.29) is 17.8 Å². The Kier molecular flexibility index (Phi) is 4.62. The number of nitrogens with zero attached hydrogens (tertiary/aromatic N) is 1. The summed E-state index contributed by atoms with van der Waals surface area (Å²) in [6, 6.07) is 2.11. The number of aromatic nitrogens is 1. The van der Waals surface area contributed by atoms with Crippen molar-refractivity contribution in [2.24, 2.45) is 11.8 Å². The summed E-state index contributed by atoms with van der Waals surface area (Å²) in [5.41, 5.74) is 3.09. The third-order valence-electron chi connectivity index (χ3n) is 4.32. The van der Waals surface area contributed by atoms with Crippen molar-refractivity contribution in [1.29, 1.82) is 0 Å². The van der Waals surface area contributed by atoms with Gasteiger partial charge in [-0.2, -0.15) is 0 Å². The monoisotopic (exact) mass is 304 g/mol. The van der Waals surface area contributed by atoms with Crippen LogP contribution in [0, 0.1) is 11.8 Å². The van der Waals surface area contributed by atoms with Gasteiger partial charge in [-0.3, -0.25) is 9.78 Å². The maximum Gasteiger partial charge on any atom is 0.309 e. The van der Waals surface area contributed by atoms with Crippen LogP contribution in [-0.4, -0.2) is 31.2 Å². The zero-order valence-corrected chi connectivity index (χ0v) is 13.3. The standard InChI is InChI=1S/C17H24N2O3/c1-3-22-17(20)15-7-14(15)16-12(10-21-2)6-13(9-19-16)18-8-11-4-5-11/h6,9,11,14-15,18H,3-5,7-8,10H2,1-2H3. The Morgan fingerprint density at radius 2 is 2.27 bits per heavy atom. The number of ether oxygens (including phenoxy) is 2. The van der Waals surface area contributed by atoms with Crippen LogP contribution >= 0.6 is 0 Å². The highest BCUT2D eigenvalue weighted by Crippen LogP contribution is 2.48. The van der Waals surface area contributed by atoms with Gasteiger partial charge in [0, 0.05) is 30.8 Å². The Labute approximate surface area is 131 Å². The Bertz CT molecular complexity index is 543. The average Bonchev–Trinajstić information content (AvgIpc) is 3.39. The molecule has 2 atom stereocenters. The molecule has 0 saturated heterocycles. The fourth-order valence-corrected chi connectivity index (χ4v) is 2.81. The molecule has 5 nitrogen and oxygen atoms in total. The molecule has 1 N–H and O–H groups in total. The lowest BCUT2D eigenvalue weighted by molar-refractivity contribution is -0.144. The van der Waals surface area contributed by atoms with Gasteiger partial charge in [0.25, 0.3) is 0 Å². The summed E-state index contributed by atoms with van der Waals surface area (Å²) < 4.78 is 10.4. The van der Waals surface area contributed by atoms with Crippen LogP contribution in [0.4, 0.5) is 5.69 Å². The van der Waals surface area contributed by atoms with E-state index in [1.807, 2.05) is 13.1 Å². The highest BCUT2D eigenvalue weighted by molar-refractivity contribution is 5.77. The average molecular weight is 304 g/mol. The number of methoxy groups -OCH3 is 1. The number of hydrogen-bond donors (Lipinski definition) is 1. The van der Waals surface area contributed by atoms with E-state index in [2.05, 4.69) is 16.4 Å². The molecule has 0 spiro atoms. The van der Waals surface area contributed by atoms with E-state index in [4.69, 9.17) is 9.47 Å². The lowest BCUT2D eigenvalue weighted by Crippen LogP contribution is -2.09. The van der Waals surface area contributed by atoms with Gasteiger partial charge in [0.05, 0.1) is 31.0 Å². The van der Waals surface area contributed by atoms with Gasteiger partial charge >= 0.3 is 5.97 Å². The van der Waals surface area contributed by atoms with Crippen LogP contribution in [0.1, 0.15) is 43.4 Å². The summed E-state index contributed by atoms with van der Waals surface area (Å²) in [5, 5.41) is 3.44. The smallest absolute Gasteiger partial charge is 0.309 e. The molecule has 2 unspecified atom stereocenters. The van der Waals surface area contributed by atoms with Crippen molar-refractivity contribution in [1.82, 2.24) is 4.98 Å². The lowest BCUT2D eigenvalue weighted by Gasteiger charge is -2.12. The molecular weight excluding hydrogens is 280 g/mol. The molecule has 0 amide bonds. The van der Waals surface area contributed by atoms with Gasteiger partial charge in [-0.25, -0.2) is 0 Å². The van der Waals surface area contributed by atoms with Gasteiger partial charge < -0.3 is 14.8 Å². The van der Waals surface area contributed by atoms with E-state index in [9.17, 15) is 4.79 Å². The minimum Gasteiger partial charge on any atom is -0.466 e. The topological polar surface area (TPSA) is 60.5 Å². The molecule has 0 aromatic carbocycles. The Hall–Kier alpha value is -1.62. The van der Waals surface area contributed by atoms with Crippen LogP contribution in [0.2, 0.25) is 0 Å². The van der Waals surface area contributed by atoms with Crippen molar-refractivity contribution >= 4 is 11.7 Å². The highest BCUT2D eigenvalue weighted by atomic mass is 16.5. The largest absolute Gasteiger partial charge is 0.466 e. The second-order valence-corrected chi connectivity index (χ2v) is 6.23. The first-order valence-corrected chi connectivity index (χ1v) is 8.11. The summed E-state index contributed by atoms with van der Waals surface area (Å²) in [4.78, 5) is 16.4. The summed E-state index contributed by atoms with van der Waals surface area (Å²) in [5.74, 6) is 0.866. The first kappa shape index (κ1) is 15.3. The molecular formula is C17H24N2O3. The second-order valence-electron chi connectivity index (χ2n) is 6.23. The molecule has 2 aliphatic carbocycles. The van der Waals surface area contributed by atoms with Gasteiger partial charge in [0.1, 0.15) is 0 Å². The van der Waals surface area contributed by atoms with Crippen molar-refractivity contribution in [2.45, 2.75) is 38.7 Å². The summed E-state index contributed by atoms with van der Waals surface area (Å²) >= 11 is 0. The summed E-state index contributed by atoms with van der Waals surface area (Å²) in [6.07, 6.45) is 5.36. The maximum absolute atomic E-state index is 11.8. The maximum atomic E-state index is 11.8. The Morgan fingerprint density at radius 3 is 2.95 bits per heavy atom. The molecule has 0 radical (unpaired) electrons. The van der Waals surface area contributed by atoms with E-state index >= 15 is 0 Å². The van der Waals surface area contributed by atoms with Crippen LogP contribution in [0.15, 0.2) is 12.3 Å². The fraction of sp³-hybridized carbons (Fsp3) is 0.647. The van der Waals surface area contributed by atoms with Gasteiger partial charge in [0.2, 0.25) is 0 Å². The quantitative estimate of drug-likeness (QED) is 0.748. The van der Waals surface area contributed by atoms with E-state index in [0.717, 1.165) is 35.8 Å². The number of anilines is 1. The van der Waals surface area contributed by atoms with E-state index in [0.29, 0.717) is 13.2 Å². The highest BCUT2D eigenvalue weighted by Gasteiger charge is 2.47. The first-order valence-electron chi connectivity index (χ1n) is 8.11. The number of carbonyl (C=O) groups is 1. The molecule has 120 valence electrons. The number of esters is 1. The van der Waals surface area contributed by atoms with Crippen molar-refractivity contribution in [3.8, 4) is 0 Å². The predicted octanol–water partition coefficient (Wildman–Crippen LogP) is 2.72. The number of carbonyl (C=O) groups excluding carboxylic acids is 1. The third-order valence-corrected chi connectivity index (χ3v) is 4.32. The minimum atomic E-state index is -0.103. The molecule has 5 heteroatoms. The summed E-state index contributed by atoms with van der Waals surface area (Å²) in [7, 11) is 1.68. The molecule has 2 aliphatic rings. The third kappa shape index (κ3) is 3.58. The molecule has 2 saturated carbocycles. The normalized spacial score (nSPS) is 23.2. The molecule has 0 aliphatic heterocycles. The number of pyridine rings is 1. The van der Waals surface area contributed by atoms with Gasteiger partial charge in [0.15, 0.2) is 0 Å². The predicted molar refractivity (Wildman–Crippen MR) is 83.6 cm³/mol. The molecule has 0 bridgehead atoms. The second kappa shape index (κ2) is 6.65. The van der Waals surface area contributed by atoms with Crippen LogP contribution < -0.4 is 5.32 Å². The van der Waals surface area contributed by atoms with Crippen LogP contribution in [-0.2, 0) is 20.9 Å². The van der Waals surface area contributed by atoms with Crippen LogP contribution in [0.25, 0.3) is 0 Å². The van der Waals surface area contributed by atoms with Crippen molar-refractivity contribution < 1.29 is 14.3 Å². The van der Waals surface area contributed by atoms with E-state index < -0.39 is 0 Å². The minimum absolute atomic E-state index is 0.0340. The van der Waals surface area contributed by atoms with E-state index in [1.54, 1.807) is 7.11 Å². The molecule has 2 fully saturated rings. The Morgan fingerprint density at radius 1 is 1.45 bits per heavy atom. The van der Waals surface area contributed by atoms with Crippen LogP contribution in [0.3, 0.4) is 0 Å². The number of nitrogens with one attached hydrogen (secondary N) is 1. The summed E-state index contributed by atoms with van der Waals surface area (Å²) in [6.45, 7) is 3.81. The zero-order chi connectivity index (χ0) is 15.5. The van der Waals surface area contributed by atoms with Crippen LogP contribution in [0.5, 0.6) is 0 Å². The van der Waals surface area contributed by atoms with Gasteiger partial charge in [-0.15, -0.1) is 0 Å². The SMILES string of the molecule is CCOC(=O)C1CC1c1ncc(NCC2CC2)cc1COC. The van der Waals surface area contributed by atoms with Gasteiger partial charge in [-0.1, -0.05) is 0 Å². The lowest BCUT2D eigenvalue weighted by atomic mass is 10.1. The Balaban J connectivity index is 1.68. The molecule has 22 heavy (non-hydrogen) atoms. The fourth-order valence-electron chi connectivity index (χ4n) is 2.81. The molecule has 3 rings (SSSR count). The number of hydrogen-bond acceptors (Lipinski definition) is 5. The van der Waals surface area contributed by atoms with Crippen molar-refractivity contribution in [3.05, 3.63) is 23.5 Å². The van der Waals surface area contributed by atoms with E-state index in [1.165, 1.54) is 12.8 Å². The molecule has 1 aromatic rings. The van der Waals surface area contributed by atoms with Crippen molar-refractivity contribution in [3.63, 3.8) is 0 Å². The van der Waals surface area contributed by atoms with Gasteiger partial charge in [-0.05, 0) is 38.2 Å². The number of rotatable bonds is 8. The zero-order valence-electron chi connectivity index (χ0n) is 13.3. The molecule has 1 heterocycles. The van der Waals surface area contributed by atoms with Crippen molar-refractivity contribution in [2.75, 3.05) is 25.6 Å².